The Hall–Kier alpha value is -2.95. The Labute approximate surface area is 188 Å². The molecule has 0 bridgehead atoms. The first-order valence-electron chi connectivity index (χ1n) is 11.0. The van der Waals surface area contributed by atoms with Gasteiger partial charge in [-0.05, 0) is 43.9 Å². The van der Waals surface area contributed by atoms with E-state index >= 15 is 0 Å². The number of nitrogens with one attached hydrogen (secondary N) is 2. The molecule has 1 aliphatic heterocycles. The summed E-state index contributed by atoms with van der Waals surface area (Å²) < 4.78 is 43.4. The lowest BCUT2D eigenvalue weighted by atomic mass is 9.83. The van der Waals surface area contributed by atoms with E-state index in [2.05, 4.69) is 25.7 Å². The maximum Gasteiger partial charge on any atom is 0.416 e. The predicted molar refractivity (Wildman–Crippen MR) is 111 cm³/mol. The van der Waals surface area contributed by atoms with Gasteiger partial charge in [-0.15, -0.1) is 0 Å². The van der Waals surface area contributed by atoms with Crippen LogP contribution in [0.5, 0.6) is 0 Å². The van der Waals surface area contributed by atoms with E-state index in [9.17, 15) is 22.8 Å². The van der Waals surface area contributed by atoms with Crippen LogP contribution in [0.25, 0.3) is 0 Å². The number of carbonyl (C=O) groups excluding carboxylic acids is 2. The highest BCUT2D eigenvalue weighted by Gasteiger charge is 2.36. The third-order valence-electron chi connectivity index (χ3n) is 6.26. The maximum absolute atomic E-state index is 12.8. The molecule has 2 amide bonds. The molecule has 0 atom stereocenters. The van der Waals surface area contributed by atoms with Crippen LogP contribution < -0.4 is 10.6 Å². The molecule has 1 aliphatic carbocycles. The van der Waals surface area contributed by atoms with Gasteiger partial charge in [-0.1, -0.05) is 11.2 Å². The fourth-order valence-electron chi connectivity index (χ4n) is 4.46. The largest absolute Gasteiger partial charge is 0.416 e. The fourth-order valence-corrected chi connectivity index (χ4v) is 4.46. The standard InChI is InChI=1S/C22H26F3N5O3/c1-13-27-20(29-33-13)14-5-7-18(8-6-14)30-11-17(12-30)28-19(31)10-26-21(32)15-3-2-4-16(9-15)22(23,24)25/h2-4,9,14,17-18H,5-8,10-12H2,1H3,(H,26,32)(H,28,31)/t14-,18+. The van der Waals surface area contributed by atoms with Gasteiger partial charge in [-0.2, -0.15) is 18.2 Å². The van der Waals surface area contributed by atoms with Crippen LogP contribution in [-0.2, 0) is 11.0 Å². The topological polar surface area (TPSA) is 100 Å². The van der Waals surface area contributed by atoms with Gasteiger partial charge in [0.1, 0.15) is 0 Å². The summed E-state index contributed by atoms with van der Waals surface area (Å²) in [5, 5.41) is 9.26. The Kier molecular flexibility index (Phi) is 6.68. The average molecular weight is 465 g/mol. The number of hydrogen-bond acceptors (Lipinski definition) is 6. The van der Waals surface area contributed by atoms with Crippen LogP contribution in [0.3, 0.4) is 0 Å². The van der Waals surface area contributed by atoms with Gasteiger partial charge < -0.3 is 15.2 Å². The highest BCUT2D eigenvalue weighted by Crippen LogP contribution is 2.35. The van der Waals surface area contributed by atoms with Gasteiger partial charge in [-0.25, -0.2) is 0 Å². The van der Waals surface area contributed by atoms with Crippen molar-refractivity contribution < 1.29 is 27.3 Å². The molecule has 178 valence electrons. The highest BCUT2D eigenvalue weighted by atomic mass is 19.4. The molecule has 4 rings (SSSR count). The minimum absolute atomic E-state index is 0.000500. The molecule has 2 fully saturated rings. The fraction of sp³-hybridized carbons (Fsp3) is 0.545. The molecule has 0 unspecified atom stereocenters. The molecule has 2 aromatic rings. The van der Waals surface area contributed by atoms with E-state index in [-0.39, 0.29) is 24.1 Å². The first-order valence-corrected chi connectivity index (χ1v) is 11.0. The quantitative estimate of drug-likeness (QED) is 0.681. The van der Waals surface area contributed by atoms with Crippen molar-refractivity contribution in [3.05, 3.63) is 47.1 Å². The Morgan fingerprint density at radius 1 is 1.18 bits per heavy atom. The van der Waals surface area contributed by atoms with Gasteiger partial charge >= 0.3 is 6.18 Å². The predicted octanol–water partition coefficient (Wildman–Crippen LogP) is 2.65. The van der Waals surface area contributed by atoms with Crippen LogP contribution in [0.1, 0.15) is 59.2 Å². The number of carbonyl (C=O) groups is 2. The van der Waals surface area contributed by atoms with Gasteiger partial charge in [0.2, 0.25) is 11.8 Å². The molecule has 0 radical (unpaired) electrons. The second-order valence-corrected chi connectivity index (χ2v) is 8.66. The van der Waals surface area contributed by atoms with Crippen molar-refractivity contribution in [3.8, 4) is 0 Å². The van der Waals surface area contributed by atoms with Gasteiger partial charge in [0.25, 0.3) is 5.91 Å². The number of amides is 2. The third-order valence-corrected chi connectivity index (χ3v) is 6.26. The number of halogens is 3. The van der Waals surface area contributed by atoms with Crippen molar-refractivity contribution in [2.75, 3.05) is 19.6 Å². The zero-order valence-electron chi connectivity index (χ0n) is 18.2. The van der Waals surface area contributed by atoms with Crippen molar-refractivity contribution in [2.24, 2.45) is 0 Å². The Bertz CT molecular complexity index is 995. The zero-order valence-corrected chi connectivity index (χ0v) is 18.2. The number of aromatic nitrogens is 2. The molecule has 0 spiro atoms. The first-order chi connectivity index (χ1) is 15.7. The number of benzene rings is 1. The Morgan fingerprint density at radius 3 is 2.55 bits per heavy atom. The van der Waals surface area contributed by atoms with Crippen LogP contribution in [-0.4, -0.2) is 58.6 Å². The van der Waals surface area contributed by atoms with Crippen LogP contribution in [0.2, 0.25) is 0 Å². The van der Waals surface area contributed by atoms with E-state index < -0.39 is 17.6 Å². The lowest BCUT2D eigenvalue weighted by molar-refractivity contribution is -0.137. The SMILES string of the molecule is Cc1nc([C@H]2CC[C@@H](N3CC(NC(=O)CNC(=O)c4cccc(C(F)(F)F)c4)C3)CC2)no1. The van der Waals surface area contributed by atoms with Gasteiger partial charge in [0.15, 0.2) is 5.82 Å². The summed E-state index contributed by atoms with van der Waals surface area (Å²) >= 11 is 0. The number of likely N-dealkylation sites (tertiary alicyclic amines) is 1. The molecular formula is C22H26F3N5O3. The van der Waals surface area contributed by atoms with Crippen molar-refractivity contribution in [2.45, 2.75) is 56.8 Å². The van der Waals surface area contributed by atoms with Gasteiger partial charge in [-0.3, -0.25) is 14.5 Å². The summed E-state index contributed by atoms with van der Waals surface area (Å²) in [5.41, 5.74) is -1.05. The second kappa shape index (κ2) is 9.50. The van der Waals surface area contributed by atoms with Crippen LogP contribution in [0.4, 0.5) is 13.2 Å². The van der Waals surface area contributed by atoms with Gasteiger partial charge in [0, 0.05) is 37.5 Å². The van der Waals surface area contributed by atoms with Crippen molar-refractivity contribution in [1.82, 2.24) is 25.7 Å². The summed E-state index contributed by atoms with van der Waals surface area (Å²) in [4.78, 5) is 30.9. The molecular weight excluding hydrogens is 439 g/mol. The molecule has 2 aliphatic rings. The lowest BCUT2D eigenvalue weighted by Crippen LogP contribution is -2.63. The Balaban J connectivity index is 1.15. The average Bonchev–Trinajstić information content (AvgIpc) is 3.20. The summed E-state index contributed by atoms with van der Waals surface area (Å²) in [7, 11) is 0. The normalized spacial score (nSPS) is 21.9. The smallest absolute Gasteiger partial charge is 0.349 e. The first kappa shape index (κ1) is 23.2. The second-order valence-electron chi connectivity index (χ2n) is 8.66. The molecule has 1 saturated carbocycles. The molecule has 33 heavy (non-hydrogen) atoms. The number of nitrogens with zero attached hydrogens (tertiary/aromatic N) is 3. The minimum atomic E-state index is -4.53. The van der Waals surface area contributed by atoms with Crippen molar-refractivity contribution in [3.63, 3.8) is 0 Å². The maximum atomic E-state index is 12.8. The molecule has 2 N–H and O–H groups in total. The van der Waals surface area contributed by atoms with Gasteiger partial charge in [0.05, 0.1) is 18.2 Å². The third kappa shape index (κ3) is 5.70. The van der Waals surface area contributed by atoms with Crippen LogP contribution in [0, 0.1) is 6.92 Å². The monoisotopic (exact) mass is 465 g/mol. The van der Waals surface area contributed by atoms with Crippen molar-refractivity contribution >= 4 is 11.8 Å². The van der Waals surface area contributed by atoms with E-state index in [1.807, 2.05) is 0 Å². The van der Waals surface area contributed by atoms with Crippen LogP contribution >= 0.6 is 0 Å². The number of hydrogen-bond donors (Lipinski definition) is 2. The van der Waals surface area contributed by atoms with E-state index in [1.54, 1.807) is 6.92 Å². The van der Waals surface area contributed by atoms with E-state index in [4.69, 9.17) is 4.52 Å². The number of alkyl halides is 3. The molecule has 11 heteroatoms. The minimum Gasteiger partial charge on any atom is -0.349 e. The lowest BCUT2D eigenvalue weighted by Gasteiger charge is -2.46. The van der Waals surface area contributed by atoms with Crippen LogP contribution in [0.15, 0.2) is 28.8 Å². The zero-order chi connectivity index (χ0) is 23.6. The molecule has 1 aromatic heterocycles. The summed E-state index contributed by atoms with van der Waals surface area (Å²) in [6.45, 7) is 2.97. The number of rotatable bonds is 6. The van der Waals surface area contributed by atoms with Crippen molar-refractivity contribution in [1.29, 1.82) is 0 Å². The molecule has 8 nitrogen and oxygen atoms in total. The summed E-state index contributed by atoms with van der Waals surface area (Å²) in [6.07, 6.45) is -0.468. The van der Waals surface area contributed by atoms with E-state index in [0.29, 0.717) is 17.9 Å². The summed E-state index contributed by atoms with van der Waals surface area (Å²) in [5.74, 6) is 0.610. The highest BCUT2D eigenvalue weighted by molar-refractivity contribution is 5.96. The molecule has 2 heterocycles. The molecule has 1 aromatic carbocycles. The van der Waals surface area contributed by atoms with E-state index in [0.717, 1.165) is 62.8 Å². The number of aryl methyl sites for hydroxylation is 1. The Morgan fingerprint density at radius 2 is 1.91 bits per heavy atom. The summed E-state index contributed by atoms with van der Waals surface area (Å²) in [6, 6.07) is 4.57. The van der Waals surface area contributed by atoms with E-state index in [1.165, 1.54) is 6.07 Å². The molecule has 1 saturated heterocycles.